The second-order valence-corrected chi connectivity index (χ2v) is 8.24. The molecule has 2 aliphatic heterocycles. The molecule has 4 rings (SSSR count). The van der Waals surface area contributed by atoms with Gasteiger partial charge in [-0.15, -0.1) is 0 Å². The number of piperidine rings is 1. The Balaban J connectivity index is 1.33. The van der Waals surface area contributed by atoms with Crippen molar-refractivity contribution in [1.82, 2.24) is 10.6 Å². The van der Waals surface area contributed by atoms with Gasteiger partial charge in [0.1, 0.15) is 17.7 Å². The van der Waals surface area contributed by atoms with Crippen LogP contribution in [0.4, 0.5) is 19.3 Å². The molecule has 7 nitrogen and oxygen atoms in total. The summed E-state index contributed by atoms with van der Waals surface area (Å²) in [6, 6.07) is 2.52. The van der Waals surface area contributed by atoms with Crippen molar-refractivity contribution in [1.29, 1.82) is 0 Å². The molecule has 3 amide bonds. The minimum atomic E-state index is -1.02. The molecule has 3 aliphatic rings. The van der Waals surface area contributed by atoms with E-state index < -0.39 is 35.5 Å². The Morgan fingerprint density at radius 3 is 2.37 bits per heavy atom. The van der Waals surface area contributed by atoms with E-state index in [1.807, 2.05) is 0 Å². The first-order valence-electron chi connectivity index (χ1n) is 10.5. The summed E-state index contributed by atoms with van der Waals surface area (Å²) >= 11 is 0. The molecule has 0 unspecified atom stereocenters. The summed E-state index contributed by atoms with van der Waals surface area (Å²) in [7, 11) is 0. The Morgan fingerprint density at radius 2 is 1.73 bits per heavy atom. The van der Waals surface area contributed by atoms with E-state index in [0.29, 0.717) is 18.8 Å². The standard InChI is InChI=1S/C21H25F2N3O4/c22-16-8-13(9-17(23)19(16)15-6-7-18(27)25-20(15)28)26-10-14(11-26)30-21(29)24-12-4-2-1-3-5-12/h8-9,12,14-15H,1-7,10-11H2,(H,24,29)(H,25,27,28)/t15-/m0/s1. The predicted octanol–water partition coefficient (Wildman–Crippen LogP) is 2.73. The van der Waals surface area contributed by atoms with Gasteiger partial charge in [-0.25, -0.2) is 13.6 Å². The number of imide groups is 1. The molecule has 2 heterocycles. The topological polar surface area (TPSA) is 87.7 Å². The van der Waals surface area contributed by atoms with Gasteiger partial charge in [-0.05, 0) is 31.4 Å². The molecule has 0 spiro atoms. The summed E-state index contributed by atoms with van der Waals surface area (Å²) in [5.41, 5.74) is 0.0116. The molecule has 3 fully saturated rings. The Hall–Kier alpha value is -2.71. The summed E-state index contributed by atoms with van der Waals surface area (Å²) in [4.78, 5) is 36.9. The third kappa shape index (κ3) is 4.39. The van der Waals surface area contributed by atoms with Gasteiger partial charge in [0.15, 0.2) is 0 Å². The van der Waals surface area contributed by atoms with E-state index in [4.69, 9.17) is 4.74 Å². The van der Waals surface area contributed by atoms with Crippen LogP contribution in [0.2, 0.25) is 0 Å². The van der Waals surface area contributed by atoms with E-state index >= 15 is 0 Å². The lowest BCUT2D eigenvalue weighted by Gasteiger charge is -2.40. The lowest BCUT2D eigenvalue weighted by atomic mass is 9.89. The number of carbonyl (C=O) groups excluding carboxylic acids is 3. The number of alkyl carbamates (subject to hydrolysis) is 1. The zero-order valence-electron chi connectivity index (χ0n) is 16.6. The van der Waals surface area contributed by atoms with Crippen molar-refractivity contribution in [3.63, 3.8) is 0 Å². The number of hydrogen-bond acceptors (Lipinski definition) is 5. The molecular formula is C21H25F2N3O4. The van der Waals surface area contributed by atoms with Crippen molar-refractivity contribution in [3.05, 3.63) is 29.3 Å². The average Bonchev–Trinajstić information content (AvgIpc) is 2.66. The lowest BCUT2D eigenvalue weighted by molar-refractivity contribution is -0.134. The van der Waals surface area contributed by atoms with Crippen molar-refractivity contribution >= 4 is 23.6 Å². The lowest BCUT2D eigenvalue weighted by Crippen LogP contribution is -2.54. The number of ether oxygens (including phenoxy) is 1. The first-order valence-corrected chi connectivity index (χ1v) is 10.5. The Kier molecular flexibility index (Phi) is 5.87. The molecule has 0 radical (unpaired) electrons. The fourth-order valence-corrected chi connectivity index (χ4v) is 4.38. The number of carbonyl (C=O) groups is 3. The number of nitrogens with zero attached hydrogens (tertiary/aromatic N) is 1. The minimum Gasteiger partial charge on any atom is -0.442 e. The van der Waals surface area contributed by atoms with Crippen LogP contribution >= 0.6 is 0 Å². The van der Waals surface area contributed by atoms with Gasteiger partial charge in [0.25, 0.3) is 0 Å². The summed E-state index contributed by atoms with van der Waals surface area (Å²) in [6.45, 7) is 0.684. The zero-order valence-corrected chi connectivity index (χ0v) is 16.6. The molecular weight excluding hydrogens is 396 g/mol. The highest BCUT2D eigenvalue weighted by atomic mass is 19.1. The minimum absolute atomic E-state index is 0.0467. The summed E-state index contributed by atoms with van der Waals surface area (Å²) in [5, 5.41) is 5.00. The van der Waals surface area contributed by atoms with E-state index in [9.17, 15) is 23.2 Å². The fraction of sp³-hybridized carbons (Fsp3) is 0.571. The van der Waals surface area contributed by atoms with Crippen LogP contribution in [0.3, 0.4) is 0 Å². The fourth-order valence-electron chi connectivity index (χ4n) is 4.38. The van der Waals surface area contributed by atoms with E-state index in [0.717, 1.165) is 25.7 Å². The molecule has 0 aromatic heterocycles. The molecule has 30 heavy (non-hydrogen) atoms. The van der Waals surface area contributed by atoms with Crippen molar-refractivity contribution < 1.29 is 27.9 Å². The summed E-state index contributed by atoms with van der Waals surface area (Å²) in [5.74, 6) is -3.78. The number of anilines is 1. The molecule has 1 aromatic carbocycles. The Labute approximate surface area is 173 Å². The molecule has 1 aromatic rings. The van der Waals surface area contributed by atoms with Crippen LogP contribution in [0.5, 0.6) is 0 Å². The van der Waals surface area contributed by atoms with Crippen LogP contribution in [-0.2, 0) is 14.3 Å². The highest BCUT2D eigenvalue weighted by molar-refractivity contribution is 6.01. The quantitative estimate of drug-likeness (QED) is 0.730. The number of nitrogens with one attached hydrogen (secondary N) is 2. The second kappa shape index (κ2) is 8.57. The van der Waals surface area contributed by atoms with Gasteiger partial charge >= 0.3 is 6.09 Å². The SMILES string of the molecule is O=C1CC[C@@H](c2c(F)cc(N3CC(OC(=O)NC4CCCCC4)C3)cc2F)C(=O)N1. The van der Waals surface area contributed by atoms with Crippen molar-refractivity contribution in [3.8, 4) is 0 Å². The van der Waals surface area contributed by atoms with Gasteiger partial charge in [0, 0.05) is 23.7 Å². The monoisotopic (exact) mass is 421 g/mol. The molecule has 1 aliphatic carbocycles. The van der Waals surface area contributed by atoms with Crippen molar-refractivity contribution in [2.45, 2.75) is 63.0 Å². The Bertz CT molecular complexity index is 828. The first kappa shape index (κ1) is 20.6. The van der Waals surface area contributed by atoms with Gasteiger partial charge in [-0.3, -0.25) is 14.9 Å². The maximum absolute atomic E-state index is 14.6. The average molecular weight is 421 g/mol. The summed E-state index contributed by atoms with van der Waals surface area (Å²) in [6.07, 6.45) is 4.67. The van der Waals surface area contributed by atoms with Crippen LogP contribution in [-0.4, -0.2) is 43.1 Å². The van der Waals surface area contributed by atoms with Gasteiger partial charge in [0.05, 0.1) is 19.0 Å². The highest BCUT2D eigenvalue weighted by Gasteiger charge is 2.35. The third-order valence-corrected chi connectivity index (χ3v) is 6.07. The smallest absolute Gasteiger partial charge is 0.407 e. The van der Waals surface area contributed by atoms with Crippen LogP contribution in [0.1, 0.15) is 56.4 Å². The molecule has 2 saturated heterocycles. The van der Waals surface area contributed by atoms with Crippen LogP contribution in [0, 0.1) is 11.6 Å². The Morgan fingerprint density at radius 1 is 1.07 bits per heavy atom. The van der Waals surface area contributed by atoms with E-state index in [2.05, 4.69) is 10.6 Å². The van der Waals surface area contributed by atoms with Gasteiger partial charge < -0.3 is 15.0 Å². The number of amides is 3. The maximum atomic E-state index is 14.6. The molecule has 1 saturated carbocycles. The summed E-state index contributed by atoms with van der Waals surface area (Å²) < 4.78 is 34.6. The molecule has 0 bridgehead atoms. The largest absolute Gasteiger partial charge is 0.442 e. The predicted molar refractivity (Wildman–Crippen MR) is 104 cm³/mol. The normalized spacial score (nSPS) is 23.0. The third-order valence-electron chi connectivity index (χ3n) is 6.07. The number of halogens is 2. The zero-order chi connectivity index (χ0) is 21.3. The number of benzene rings is 1. The number of rotatable bonds is 4. The van der Waals surface area contributed by atoms with E-state index in [-0.39, 0.29) is 30.6 Å². The molecule has 1 atom stereocenters. The van der Waals surface area contributed by atoms with Gasteiger partial charge in [-0.2, -0.15) is 0 Å². The van der Waals surface area contributed by atoms with Gasteiger partial charge in [-0.1, -0.05) is 19.3 Å². The van der Waals surface area contributed by atoms with Crippen molar-refractivity contribution in [2.75, 3.05) is 18.0 Å². The second-order valence-electron chi connectivity index (χ2n) is 8.24. The molecule has 9 heteroatoms. The van der Waals surface area contributed by atoms with E-state index in [1.54, 1.807) is 4.90 Å². The molecule has 2 N–H and O–H groups in total. The molecule has 162 valence electrons. The van der Waals surface area contributed by atoms with Crippen molar-refractivity contribution in [2.24, 2.45) is 0 Å². The van der Waals surface area contributed by atoms with Gasteiger partial charge in [0.2, 0.25) is 11.8 Å². The van der Waals surface area contributed by atoms with Crippen LogP contribution < -0.4 is 15.5 Å². The maximum Gasteiger partial charge on any atom is 0.407 e. The van der Waals surface area contributed by atoms with Crippen LogP contribution in [0.25, 0.3) is 0 Å². The van der Waals surface area contributed by atoms with Crippen LogP contribution in [0.15, 0.2) is 12.1 Å². The first-order chi connectivity index (χ1) is 14.4. The number of hydrogen-bond donors (Lipinski definition) is 2. The highest BCUT2D eigenvalue weighted by Crippen LogP contribution is 2.33. The van der Waals surface area contributed by atoms with E-state index in [1.165, 1.54) is 18.6 Å².